The predicted octanol–water partition coefficient (Wildman–Crippen LogP) is 1.79. The highest BCUT2D eigenvalue weighted by molar-refractivity contribution is 5.79. The van der Waals surface area contributed by atoms with Gasteiger partial charge in [0.2, 0.25) is 23.6 Å². The Balaban J connectivity index is 1.29. The Morgan fingerprint density at radius 3 is 2.28 bits per heavy atom. The van der Waals surface area contributed by atoms with Crippen LogP contribution in [0, 0.1) is 13.8 Å². The minimum Gasteiger partial charge on any atom is -0.424 e. The largest absolute Gasteiger partial charge is 0.424 e. The van der Waals surface area contributed by atoms with Gasteiger partial charge in [0.25, 0.3) is 0 Å². The standard InChI is InChI=1S/C20H27N5O4/c1-13-16(14(2)29-23-13)11-18(26)25-9-5-15(6-10-25)20-22-21-17(28-20)12-19(27)24-7-3-4-8-24/h15H,3-12H2,1-2H3. The minimum absolute atomic E-state index is 0.0532. The van der Waals surface area contributed by atoms with Crippen LogP contribution < -0.4 is 0 Å². The summed E-state index contributed by atoms with van der Waals surface area (Å²) >= 11 is 0. The van der Waals surface area contributed by atoms with E-state index in [0.29, 0.717) is 37.1 Å². The molecule has 0 aromatic carbocycles. The van der Waals surface area contributed by atoms with Crippen LogP contribution in [-0.2, 0) is 22.4 Å². The fourth-order valence-corrected chi connectivity index (χ4v) is 4.10. The van der Waals surface area contributed by atoms with Crippen molar-refractivity contribution >= 4 is 11.8 Å². The first-order valence-corrected chi connectivity index (χ1v) is 10.3. The van der Waals surface area contributed by atoms with Crippen LogP contribution in [0.15, 0.2) is 8.94 Å². The van der Waals surface area contributed by atoms with Crippen molar-refractivity contribution < 1.29 is 18.5 Å². The number of hydrogen-bond donors (Lipinski definition) is 0. The van der Waals surface area contributed by atoms with Crippen LogP contribution in [0.5, 0.6) is 0 Å². The topological polar surface area (TPSA) is 106 Å². The molecule has 2 aromatic rings. The maximum absolute atomic E-state index is 12.6. The third kappa shape index (κ3) is 4.33. The highest BCUT2D eigenvalue weighted by Gasteiger charge is 2.29. The van der Waals surface area contributed by atoms with Crippen LogP contribution in [0.25, 0.3) is 0 Å². The summed E-state index contributed by atoms with van der Waals surface area (Å²) < 4.78 is 10.9. The number of aryl methyl sites for hydroxylation is 2. The summed E-state index contributed by atoms with van der Waals surface area (Å²) in [7, 11) is 0. The average molecular weight is 401 g/mol. The summed E-state index contributed by atoms with van der Waals surface area (Å²) in [5.74, 6) is 1.92. The third-order valence-corrected chi connectivity index (χ3v) is 5.95. The van der Waals surface area contributed by atoms with Crippen molar-refractivity contribution in [1.29, 1.82) is 0 Å². The fourth-order valence-electron chi connectivity index (χ4n) is 4.10. The van der Waals surface area contributed by atoms with Gasteiger partial charge in [-0.05, 0) is 39.5 Å². The van der Waals surface area contributed by atoms with Gasteiger partial charge < -0.3 is 18.7 Å². The molecule has 0 N–H and O–H groups in total. The molecule has 2 aliphatic heterocycles. The van der Waals surface area contributed by atoms with Gasteiger partial charge in [0.05, 0.1) is 12.1 Å². The molecule has 4 heterocycles. The van der Waals surface area contributed by atoms with Gasteiger partial charge in [-0.3, -0.25) is 9.59 Å². The monoisotopic (exact) mass is 401 g/mol. The highest BCUT2D eigenvalue weighted by atomic mass is 16.5. The van der Waals surface area contributed by atoms with E-state index in [0.717, 1.165) is 50.0 Å². The number of rotatable bonds is 5. The second kappa shape index (κ2) is 8.34. The van der Waals surface area contributed by atoms with Gasteiger partial charge in [-0.1, -0.05) is 5.16 Å². The van der Waals surface area contributed by atoms with E-state index in [4.69, 9.17) is 8.94 Å². The van der Waals surface area contributed by atoms with Crippen LogP contribution in [0.1, 0.15) is 60.4 Å². The van der Waals surface area contributed by atoms with E-state index in [1.165, 1.54) is 0 Å². The Kier molecular flexibility index (Phi) is 5.64. The Morgan fingerprint density at radius 1 is 0.966 bits per heavy atom. The smallest absolute Gasteiger partial charge is 0.231 e. The van der Waals surface area contributed by atoms with Crippen molar-refractivity contribution in [3.63, 3.8) is 0 Å². The first-order valence-electron chi connectivity index (χ1n) is 10.3. The van der Waals surface area contributed by atoms with Crippen molar-refractivity contribution in [2.45, 2.75) is 58.3 Å². The highest BCUT2D eigenvalue weighted by Crippen LogP contribution is 2.28. The molecule has 2 amide bonds. The van der Waals surface area contributed by atoms with Crippen molar-refractivity contribution in [3.05, 3.63) is 28.8 Å². The lowest BCUT2D eigenvalue weighted by Gasteiger charge is -2.30. The van der Waals surface area contributed by atoms with Crippen molar-refractivity contribution in [3.8, 4) is 0 Å². The molecule has 0 bridgehead atoms. The van der Waals surface area contributed by atoms with Crippen molar-refractivity contribution in [1.82, 2.24) is 25.2 Å². The SMILES string of the molecule is Cc1noc(C)c1CC(=O)N1CCC(c2nnc(CC(=O)N3CCCC3)o2)CC1. The first kappa shape index (κ1) is 19.6. The number of likely N-dealkylation sites (tertiary alicyclic amines) is 2. The van der Waals surface area contributed by atoms with Gasteiger partial charge in [0.15, 0.2) is 0 Å². The summed E-state index contributed by atoms with van der Waals surface area (Å²) in [5, 5.41) is 12.1. The molecular formula is C20H27N5O4. The molecule has 9 nitrogen and oxygen atoms in total. The molecule has 0 atom stereocenters. The molecule has 2 saturated heterocycles. The van der Waals surface area contributed by atoms with E-state index in [1.807, 2.05) is 23.6 Å². The predicted molar refractivity (Wildman–Crippen MR) is 102 cm³/mol. The summed E-state index contributed by atoms with van der Waals surface area (Å²) in [4.78, 5) is 28.6. The molecule has 0 radical (unpaired) electrons. The summed E-state index contributed by atoms with van der Waals surface area (Å²) in [6.07, 6.45) is 4.16. The zero-order valence-electron chi connectivity index (χ0n) is 17.0. The van der Waals surface area contributed by atoms with Crippen molar-refractivity contribution in [2.75, 3.05) is 26.2 Å². The van der Waals surface area contributed by atoms with E-state index in [1.54, 1.807) is 0 Å². The van der Waals surface area contributed by atoms with Crippen LogP contribution >= 0.6 is 0 Å². The second-order valence-corrected chi connectivity index (χ2v) is 7.93. The summed E-state index contributed by atoms with van der Waals surface area (Å²) in [5.41, 5.74) is 1.65. The van der Waals surface area contributed by atoms with E-state index in [9.17, 15) is 9.59 Å². The second-order valence-electron chi connectivity index (χ2n) is 7.93. The number of hydrogen-bond acceptors (Lipinski definition) is 7. The van der Waals surface area contributed by atoms with Gasteiger partial charge in [-0.15, -0.1) is 10.2 Å². The zero-order valence-corrected chi connectivity index (χ0v) is 17.0. The Hall–Kier alpha value is -2.71. The molecule has 0 spiro atoms. The maximum atomic E-state index is 12.6. The Labute approximate surface area is 169 Å². The maximum Gasteiger partial charge on any atom is 0.231 e. The zero-order chi connectivity index (χ0) is 20.4. The number of carbonyl (C=O) groups excluding carboxylic acids is 2. The van der Waals surface area contributed by atoms with Crippen LogP contribution in [0.2, 0.25) is 0 Å². The van der Waals surface area contributed by atoms with Crippen LogP contribution in [0.3, 0.4) is 0 Å². The molecule has 0 saturated carbocycles. The number of amides is 2. The van der Waals surface area contributed by atoms with E-state index in [2.05, 4.69) is 15.4 Å². The molecule has 29 heavy (non-hydrogen) atoms. The van der Waals surface area contributed by atoms with Gasteiger partial charge in [0.1, 0.15) is 12.2 Å². The van der Waals surface area contributed by atoms with Crippen molar-refractivity contribution in [2.24, 2.45) is 0 Å². The van der Waals surface area contributed by atoms with Crippen LogP contribution in [0.4, 0.5) is 0 Å². The minimum atomic E-state index is 0.0532. The van der Waals surface area contributed by atoms with E-state index in [-0.39, 0.29) is 24.2 Å². The lowest BCUT2D eigenvalue weighted by molar-refractivity contribution is -0.132. The molecule has 4 rings (SSSR count). The average Bonchev–Trinajstić information content (AvgIpc) is 3.47. The number of piperidine rings is 1. The van der Waals surface area contributed by atoms with Gasteiger partial charge in [-0.25, -0.2) is 0 Å². The lowest BCUT2D eigenvalue weighted by Crippen LogP contribution is -2.39. The lowest BCUT2D eigenvalue weighted by atomic mass is 9.96. The molecule has 2 aliphatic rings. The molecule has 0 aliphatic carbocycles. The quantitative estimate of drug-likeness (QED) is 0.752. The summed E-state index contributed by atoms with van der Waals surface area (Å²) in [6.45, 7) is 6.62. The van der Waals surface area contributed by atoms with E-state index < -0.39 is 0 Å². The molecule has 9 heteroatoms. The normalized spacial score (nSPS) is 17.9. The fraction of sp³-hybridized carbons (Fsp3) is 0.650. The Morgan fingerprint density at radius 2 is 1.62 bits per heavy atom. The Bertz CT molecular complexity index is 856. The molecule has 0 unspecified atom stereocenters. The van der Waals surface area contributed by atoms with Crippen LogP contribution in [-0.4, -0.2) is 63.1 Å². The van der Waals surface area contributed by atoms with Gasteiger partial charge in [0, 0.05) is 37.7 Å². The van der Waals surface area contributed by atoms with E-state index >= 15 is 0 Å². The number of aromatic nitrogens is 3. The molecule has 156 valence electrons. The van der Waals surface area contributed by atoms with Gasteiger partial charge in [-0.2, -0.15) is 0 Å². The first-order chi connectivity index (χ1) is 14.0. The molecule has 2 aromatic heterocycles. The number of nitrogens with zero attached hydrogens (tertiary/aromatic N) is 5. The number of carbonyl (C=O) groups is 2. The van der Waals surface area contributed by atoms with Gasteiger partial charge >= 0.3 is 0 Å². The summed E-state index contributed by atoms with van der Waals surface area (Å²) in [6, 6.07) is 0. The molecular weight excluding hydrogens is 374 g/mol. The molecule has 2 fully saturated rings. The third-order valence-electron chi connectivity index (χ3n) is 5.95.